The zero-order chi connectivity index (χ0) is 17.8. The number of hydrogen-bond donors (Lipinski definition) is 1. The average molecular weight is 353 g/mol. The lowest BCUT2D eigenvalue weighted by atomic mass is 10.2. The molecule has 1 aromatic heterocycles. The molecule has 2 aromatic carbocycles. The van der Waals surface area contributed by atoms with Gasteiger partial charge in [0.2, 0.25) is 5.91 Å². The summed E-state index contributed by atoms with van der Waals surface area (Å²) in [6.07, 6.45) is 0. The molecular weight excluding hydrogens is 334 g/mol. The number of amides is 1. The van der Waals surface area contributed by atoms with Gasteiger partial charge >= 0.3 is 0 Å². The molecule has 1 N–H and O–H groups in total. The third kappa shape index (κ3) is 3.74. The number of carbonyl (C=O) groups excluding carboxylic acids is 1. The Bertz CT molecular complexity index is 982. The van der Waals surface area contributed by atoms with Gasteiger partial charge in [0.25, 0.3) is 5.56 Å². The predicted octanol–water partition coefficient (Wildman–Crippen LogP) is 2.92. The molecule has 0 saturated heterocycles. The maximum Gasteiger partial charge on any atom is 0.266 e. The van der Waals surface area contributed by atoms with Crippen LogP contribution in [0.4, 0.5) is 0 Å². The topological polar surface area (TPSA) is 64.0 Å². The van der Waals surface area contributed by atoms with Crippen LogP contribution in [0.1, 0.15) is 12.5 Å². The largest absolute Gasteiger partial charge is 0.356 e. The van der Waals surface area contributed by atoms with Gasteiger partial charge in [-0.15, -0.1) is 0 Å². The molecule has 0 bridgehead atoms. The van der Waals surface area contributed by atoms with Gasteiger partial charge in [0, 0.05) is 19.2 Å². The zero-order valence-corrected chi connectivity index (χ0v) is 15.0. The van der Waals surface area contributed by atoms with Crippen molar-refractivity contribution >= 4 is 28.6 Å². The van der Waals surface area contributed by atoms with Crippen molar-refractivity contribution in [3.8, 4) is 5.69 Å². The Morgan fingerprint density at radius 2 is 1.88 bits per heavy atom. The van der Waals surface area contributed by atoms with Crippen molar-refractivity contribution in [1.29, 1.82) is 0 Å². The van der Waals surface area contributed by atoms with E-state index < -0.39 is 0 Å². The van der Waals surface area contributed by atoms with Crippen molar-refractivity contribution < 1.29 is 4.79 Å². The minimum absolute atomic E-state index is 0.0663. The van der Waals surface area contributed by atoms with Crippen molar-refractivity contribution in [3.63, 3.8) is 0 Å². The van der Waals surface area contributed by atoms with Crippen molar-refractivity contribution in [2.24, 2.45) is 0 Å². The van der Waals surface area contributed by atoms with Gasteiger partial charge in [-0.2, -0.15) is 0 Å². The molecule has 0 radical (unpaired) electrons. The Labute approximate surface area is 150 Å². The van der Waals surface area contributed by atoms with E-state index in [0.717, 1.165) is 11.3 Å². The lowest BCUT2D eigenvalue weighted by Gasteiger charge is -2.15. The highest BCUT2D eigenvalue weighted by atomic mass is 32.2. The number of hydrogen-bond acceptors (Lipinski definition) is 4. The number of nitrogens with one attached hydrogen (secondary N) is 1. The standard InChI is InChI=1S/C19H19N3O2S/c1-13-7-3-6-10-17(13)22-18(24)15-8-4-5-9-16(15)21-19(22)25-12-11-20-14(2)23/h3-10H,11-12H2,1-2H3,(H,20,23). The lowest BCUT2D eigenvalue weighted by molar-refractivity contribution is -0.118. The molecule has 128 valence electrons. The molecular formula is C19H19N3O2S. The average Bonchev–Trinajstić information content (AvgIpc) is 2.60. The highest BCUT2D eigenvalue weighted by Crippen LogP contribution is 2.22. The summed E-state index contributed by atoms with van der Waals surface area (Å²) in [7, 11) is 0. The fraction of sp³-hybridized carbons (Fsp3) is 0.211. The van der Waals surface area contributed by atoms with Crippen molar-refractivity contribution in [2.45, 2.75) is 19.0 Å². The lowest BCUT2D eigenvalue weighted by Crippen LogP contribution is -2.24. The molecule has 6 heteroatoms. The van der Waals surface area contributed by atoms with Crippen LogP contribution >= 0.6 is 11.8 Å². The van der Waals surface area contributed by atoms with E-state index in [2.05, 4.69) is 10.3 Å². The molecule has 1 amide bonds. The maximum atomic E-state index is 13.1. The number of thioether (sulfide) groups is 1. The van der Waals surface area contributed by atoms with Crippen LogP contribution in [0.25, 0.3) is 16.6 Å². The number of aryl methyl sites for hydroxylation is 1. The minimum atomic E-state index is -0.0815. The highest BCUT2D eigenvalue weighted by molar-refractivity contribution is 7.99. The first-order valence-electron chi connectivity index (χ1n) is 8.03. The summed E-state index contributed by atoms with van der Waals surface area (Å²) in [5, 5.41) is 3.99. The molecule has 0 unspecified atom stereocenters. The van der Waals surface area contributed by atoms with Gasteiger partial charge in [-0.25, -0.2) is 4.98 Å². The molecule has 0 spiro atoms. The van der Waals surface area contributed by atoms with Gasteiger partial charge in [-0.1, -0.05) is 42.1 Å². The Kier molecular flexibility index (Phi) is 5.19. The van der Waals surface area contributed by atoms with Gasteiger partial charge in [-0.3, -0.25) is 14.2 Å². The first kappa shape index (κ1) is 17.2. The molecule has 1 heterocycles. The molecule has 0 aliphatic heterocycles. The van der Waals surface area contributed by atoms with E-state index in [9.17, 15) is 9.59 Å². The van der Waals surface area contributed by atoms with E-state index in [1.807, 2.05) is 49.4 Å². The Hall–Kier alpha value is -2.60. The minimum Gasteiger partial charge on any atom is -0.356 e. The summed E-state index contributed by atoms with van der Waals surface area (Å²) in [5.41, 5.74) is 2.43. The third-order valence-electron chi connectivity index (χ3n) is 3.81. The quantitative estimate of drug-likeness (QED) is 0.435. The van der Waals surface area contributed by atoms with Gasteiger partial charge in [-0.05, 0) is 30.7 Å². The number of benzene rings is 2. The van der Waals surface area contributed by atoms with Crippen LogP contribution in [0.2, 0.25) is 0 Å². The SMILES string of the molecule is CC(=O)NCCSc1nc2ccccc2c(=O)n1-c1ccccc1C. The number of fused-ring (bicyclic) bond motifs is 1. The van der Waals surface area contributed by atoms with Crippen molar-refractivity contribution in [2.75, 3.05) is 12.3 Å². The van der Waals surface area contributed by atoms with E-state index in [1.165, 1.54) is 18.7 Å². The Morgan fingerprint density at radius 3 is 2.64 bits per heavy atom. The molecule has 5 nitrogen and oxygen atoms in total. The second kappa shape index (κ2) is 7.53. The van der Waals surface area contributed by atoms with Crippen LogP contribution in [0, 0.1) is 6.92 Å². The van der Waals surface area contributed by atoms with Crippen LogP contribution in [0.5, 0.6) is 0 Å². The zero-order valence-electron chi connectivity index (χ0n) is 14.2. The van der Waals surface area contributed by atoms with E-state index in [1.54, 1.807) is 10.6 Å². The summed E-state index contributed by atoms with van der Waals surface area (Å²) in [4.78, 5) is 28.8. The molecule has 25 heavy (non-hydrogen) atoms. The van der Waals surface area contributed by atoms with Crippen LogP contribution in [-0.4, -0.2) is 27.8 Å². The Morgan fingerprint density at radius 1 is 1.16 bits per heavy atom. The summed E-state index contributed by atoms with van der Waals surface area (Å²) in [6, 6.07) is 15.1. The molecule has 0 fully saturated rings. The number of carbonyl (C=O) groups is 1. The normalized spacial score (nSPS) is 10.8. The molecule has 0 aliphatic rings. The fourth-order valence-corrected chi connectivity index (χ4v) is 3.47. The van der Waals surface area contributed by atoms with E-state index in [-0.39, 0.29) is 11.5 Å². The van der Waals surface area contributed by atoms with Crippen molar-refractivity contribution in [3.05, 3.63) is 64.4 Å². The first-order valence-corrected chi connectivity index (χ1v) is 9.01. The summed E-state index contributed by atoms with van der Waals surface area (Å²) in [6.45, 7) is 3.99. The van der Waals surface area contributed by atoms with Gasteiger partial charge in [0.05, 0.1) is 16.6 Å². The molecule has 0 aliphatic carbocycles. The summed E-state index contributed by atoms with van der Waals surface area (Å²) >= 11 is 1.46. The van der Waals surface area contributed by atoms with Gasteiger partial charge in [0.1, 0.15) is 0 Å². The smallest absolute Gasteiger partial charge is 0.266 e. The van der Waals surface area contributed by atoms with E-state index in [4.69, 9.17) is 0 Å². The molecule has 0 saturated carbocycles. The maximum absolute atomic E-state index is 13.1. The van der Waals surface area contributed by atoms with Gasteiger partial charge < -0.3 is 5.32 Å². The summed E-state index contributed by atoms with van der Waals surface area (Å²) in [5.74, 6) is 0.569. The van der Waals surface area contributed by atoms with Crippen LogP contribution in [0.15, 0.2) is 58.5 Å². The monoisotopic (exact) mass is 353 g/mol. The second-order valence-corrected chi connectivity index (χ2v) is 6.73. The van der Waals surface area contributed by atoms with Crippen molar-refractivity contribution in [1.82, 2.24) is 14.9 Å². The second-order valence-electron chi connectivity index (χ2n) is 5.67. The molecule has 3 rings (SSSR count). The number of para-hydroxylation sites is 2. The number of nitrogens with zero attached hydrogens (tertiary/aromatic N) is 2. The summed E-state index contributed by atoms with van der Waals surface area (Å²) < 4.78 is 1.66. The van der Waals surface area contributed by atoms with Crippen LogP contribution in [0.3, 0.4) is 0 Å². The van der Waals surface area contributed by atoms with Crippen LogP contribution < -0.4 is 10.9 Å². The predicted molar refractivity (Wildman–Crippen MR) is 101 cm³/mol. The van der Waals surface area contributed by atoms with Gasteiger partial charge in [0.15, 0.2) is 5.16 Å². The Balaban J connectivity index is 2.10. The first-order chi connectivity index (χ1) is 12.1. The highest BCUT2D eigenvalue weighted by Gasteiger charge is 2.14. The molecule has 3 aromatic rings. The molecule has 0 atom stereocenters. The number of rotatable bonds is 5. The third-order valence-corrected chi connectivity index (χ3v) is 4.75. The van der Waals surface area contributed by atoms with E-state index in [0.29, 0.717) is 28.4 Å². The number of aromatic nitrogens is 2. The fourth-order valence-electron chi connectivity index (χ4n) is 2.61. The van der Waals surface area contributed by atoms with Crippen LogP contribution in [-0.2, 0) is 4.79 Å². The van der Waals surface area contributed by atoms with E-state index >= 15 is 0 Å².